The van der Waals surface area contributed by atoms with Gasteiger partial charge in [0.1, 0.15) is 11.7 Å². The van der Waals surface area contributed by atoms with Gasteiger partial charge in [0.15, 0.2) is 11.5 Å². The van der Waals surface area contributed by atoms with E-state index < -0.39 is 17.7 Å². The molecule has 1 unspecified atom stereocenters. The average molecular weight is 688 g/mol. The summed E-state index contributed by atoms with van der Waals surface area (Å²) in [6.45, 7) is 6.77. The van der Waals surface area contributed by atoms with E-state index in [1.54, 1.807) is 35.2 Å². The summed E-state index contributed by atoms with van der Waals surface area (Å²) in [7, 11) is 4.55. The van der Waals surface area contributed by atoms with Crippen LogP contribution in [0.15, 0.2) is 45.6 Å². The third kappa shape index (κ3) is 8.98. The number of methoxy groups -OCH3 is 3. The number of carbonyl (C=O) groups excluding carboxylic acids is 2. The number of carbonyl (C=O) groups is 2. The molecule has 260 valence electrons. The summed E-state index contributed by atoms with van der Waals surface area (Å²) in [5, 5.41) is 3.59. The van der Waals surface area contributed by atoms with Gasteiger partial charge < -0.3 is 43.1 Å². The zero-order valence-electron chi connectivity index (χ0n) is 27.6. The van der Waals surface area contributed by atoms with E-state index in [9.17, 15) is 14.4 Å². The molecule has 5 rings (SSSR count). The zero-order chi connectivity index (χ0) is 33.3. The molecule has 14 heteroatoms. The van der Waals surface area contributed by atoms with Gasteiger partial charge in [-0.1, -0.05) is 0 Å². The van der Waals surface area contributed by atoms with Crippen LogP contribution < -0.4 is 25.2 Å². The largest absolute Gasteiger partial charge is 0.493 e. The number of hydrogen-bond acceptors (Lipinski definition) is 11. The standard InChI is InChI=1S/C34H41N3O10.ClH/c1-22-26-7-6-24(35-34(40)37-11-15-45-16-12-37)19-28(26)47-33(39)27(22)20-25(21-36-9-13-44-14-10-36)46-31(38)8-5-23-17-29(41-2)32(43-4)30(18-23)42-3;/h5-8,17-19,25H,9-16,20-21H2,1-4H3,(H,35,40);1H/b8-5+;. The Morgan fingerprint density at radius 2 is 1.58 bits per heavy atom. The molecule has 0 aliphatic carbocycles. The van der Waals surface area contributed by atoms with E-state index in [0.29, 0.717) is 98.8 Å². The lowest BCUT2D eigenvalue weighted by Gasteiger charge is -2.30. The monoisotopic (exact) mass is 687 g/mol. The molecule has 3 aromatic rings. The molecule has 2 saturated heterocycles. The van der Waals surface area contributed by atoms with Crippen LogP contribution >= 0.6 is 12.4 Å². The molecule has 0 bridgehead atoms. The molecule has 2 amide bonds. The Kier molecular flexibility index (Phi) is 13.1. The minimum atomic E-state index is -0.642. The van der Waals surface area contributed by atoms with Gasteiger partial charge >= 0.3 is 17.6 Å². The number of halogens is 1. The minimum absolute atomic E-state index is 0. The number of hydrogen-bond donors (Lipinski definition) is 1. The van der Waals surface area contributed by atoms with Crippen LogP contribution in [0.2, 0.25) is 0 Å². The number of urea groups is 1. The maximum atomic E-state index is 13.3. The first kappa shape index (κ1) is 36.5. The summed E-state index contributed by atoms with van der Waals surface area (Å²) in [4.78, 5) is 42.9. The second-order valence-corrected chi connectivity index (χ2v) is 11.2. The van der Waals surface area contributed by atoms with Crippen LogP contribution in [-0.4, -0.2) is 108 Å². The molecular formula is C34H42ClN3O10. The van der Waals surface area contributed by atoms with Crippen molar-refractivity contribution in [3.63, 3.8) is 0 Å². The van der Waals surface area contributed by atoms with E-state index in [0.717, 1.165) is 10.9 Å². The Labute approximate surface area is 285 Å². The third-order valence-electron chi connectivity index (χ3n) is 8.22. The molecule has 3 heterocycles. The van der Waals surface area contributed by atoms with Crippen molar-refractivity contribution in [1.29, 1.82) is 0 Å². The smallest absolute Gasteiger partial charge is 0.339 e. The molecule has 2 aliphatic heterocycles. The zero-order valence-corrected chi connectivity index (χ0v) is 28.4. The number of fused-ring (bicyclic) bond motifs is 1. The molecule has 1 N–H and O–H groups in total. The van der Waals surface area contributed by atoms with Crippen LogP contribution in [-0.2, 0) is 25.4 Å². The highest BCUT2D eigenvalue weighted by atomic mass is 35.5. The highest BCUT2D eigenvalue weighted by molar-refractivity contribution is 5.93. The van der Waals surface area contributed by atoms with Crippen molar-refractivity contribution in [3.05, 3.63) is 63.5 Å². The molecule has 2 aliphatic rings. The number of amides is 2. The third-order valence-corrected chi connectivity index (χ3v) is 8.22. The SMILES string of the molecule is COc1cc(/C=C/C(=O)OC(Cc2c(C)c3ccc(NC(=O)N4CCOCC4)cc3oc2=O)CN2CCOCC2)cc(OC)c1OC.Cl. The van der Waals surface area contributed by atoms with Gasteiger partial charge in [0.2, 0.25) is 5.75 Å². The normalized spacial score (nSPS) is 15.9. The van der Waals surface area contributed by atoms with Crippen LogP contribution in [0.5, 0.6) is 17.2 Å². The number of ether oxygens (including phenoxy) is 6. The first-order valence-electron chi connectivity index (χ1n) is 15.5. The van der Waals surface area contributed by atoms with Gasteiger partial charge in [-0.05, 0) is 48.4 Å². The Bertz CT molecular complexity index is 1640. The number of nitrogens with one attached hydrogen (secondary N) is 1. The van der Waals surface area contributed by atoms with Crippen molar-refractivity contribution in [2.75, 3.05) is 85.8 Å². The molecule has 0 radical (unpaired) electrons. The molecule has 1 aromatic heterocycles. The van der Waals surface area contributed by atoms with Gasteiger partial charge in [0.25, 0.3) is 0 Å². The van der Waals surface area contributed by atoms with E-state index >= 15 is 0 Å². The lowest BCUT2D eigenvalue weighted by Crippen LogP contribution is -2.43. The van der Waals surface area contributed by atoms with Gasteiger partial charge in [-0.15, -0.1) is 12.4 Å². The van der Waals surface area contributed by atoms with Crippen molar-refractivity contribution in [1.82, 2.24) is 9.80 Å². The van der Waals surface area contributed by atoms with Gasteiger partial charge in [-0.25, -0.2) is 14.4 Å². The number of aryl methyl sites for hydroxylation is 1. The summed E-state index contributed by atoms with van der Waals surface area (Å²) < 4.78 is 38.7. The lowest BCUT2D eigenvalue weighted by molar-refractivity contribution is -0.144. The molecule has 13 nitrogen and oxygen atoms in total. The number of esters is 1. The maximum Gasteiger partial charge on any atom is 0.339 e. The van der Waals surface area contributed by atoms with Crippen molar-refractivity contribution in [3.8, 4) is 17.2 Å². The second-order valence-electron chi connectivity index (χ2n) is 11.2. The molecule has 2 fully saturated rings. The molecule has 1 atom stereocenters. The van der Waals surface area contributed by atoms with E-state index in [1.807, 2.05) is 13.0 Å². The fourth-order valence-corrected chi connectivity index (χ4v) is 5.69. The van der Waals surface area contributed by atoms with Crippen LogP contribution in [0.3, 0.4) is 0 Å². The van der Waals surface area contributed by atoms with Gasteiger partial charge in [0, 0.05) is 67.9 Å². The second kappa shape index (κ2) is 17.2. The Balaban J connectivity index is 0.00000520. The van der Waals surface area contributed by atoms with Gasteiger partial charge in [0.05, 0.1) is 47.8 Å². The molecule has 2 aromatic carbocycles. The molecule has 0 saturated carbocycles. The highest BCUT2D eigenvalue weighted by Gasteiger charge is 2.24. The minimum Gasteiger partial charge on any atom is -0.493 e. The summed E-state index contributed by atoms with van der Waals surface area (Å²) in [5.74, 6) is 0.782. The quantitative estimate of drug-likeness (QED) is 0.178. The van der Waals surface area contributed by atoms with E-state index in [4.69, 9.17) is 32.8 Å². The average Bonchev–Trinajstić information content (AvgIpc) is 3.09. The Hall–Kier alpha value is -4.30. The summed E-state index contributed by atoms with van der Waals surface area (Å²) in [6.07, 6.45) is 2.44. The first-order chi connectivity index (χ1) is 22.8. The topological polar surface area (TPSA) is 138 Å². The number of benzene rings is 2. The fraction of sp³-hybridized carbons (Fsp3) is 0.441. The number of rotatable bonds is 11. The van der Waals surface area contributed by atoms with Gasteiger partial charge in [-0.3, -0.25) is 4.90 Å². The van der Waals surface area contributed by atoms with Crippen LogP contribution in [0, 0.1) is 6.92 Å². The summed E-state index contributed by atoms with van der Waals surface area (Å²) in [5.41, 5.74) is 2.13. The van der Waals surface area contributed by atoms with Crippen LogP contribution in [0.1, 0.15) is 16.7 Å². The lowest BCUT2D eigenvalue weighted by atomic mass is 10.0. The number of anilines is 1. The van der Waals surface area contributed by atoms with E-state index in [1.165, 1.54) is 27.4 Å². The summed E-state index contributed by atoms with van der Waals surface area (Å²) in [6, 6.07) is 8.44. The Morgan fingerprint density at radius 1 is 0.938 bits per heavy atom. The number of nitrogens with zero attached hydrogens (tertiary/aromatic N) is 2. The number of morpholine rings is 2. The van der Waals surface area contributed by atoms with Crippen LogP contribution in [0.25, 0.3) is 17.0 Å². The van der Waals surface area contributed by atoms with Gasteiger partial charge in [-0.2, -0.15) is 0 Å². The molecular weight excluding hydrogens is 646 g/mol. The first-order valence-corrected chi connectivity index (χ1v) is 15.5. The molecule has 0 spiro atoms. The predicted octanol–water partition coefficient (Wildman–Crippen LogP) is 3.91. The van der Waals surface area contributed by atoms with Crippen molar-refractivity contribution >= 4 is 47.1 Å². The van der Waals surface area contributed by atoms with Crippen molar-refractivity contribution < 1.29 is 42.4 Å². The fourth-order valence-electron chi connectivity index (χ4n) is 5.69. The summed E-state index contributed by atoms with van der Waals surface area (Å²) >= 11 is 0. The van der Waals surface area contributed by atoms with E-state index in [2.05, 4.69) is 10.2 Å². The van der Waals surface area contributed by atoms with Crippen molar-refractivity contribution in [2.24, 2.45) is 0 Å². The predicted molar refractivity (Wildman–Crippen MR) is 182 cm³/mol. The highest BCUT2D eigenvalue weighted by Crippen LogP contribution is 2.38. The van der Waals surface area contributed by atoms with Crippen LogP contribution in [0.4, 0.5) is 10.5 Å². The van der Waals surface area contributed by atoms with Crippen molar-refractivity contribution in [2.45, 2.75) is 19.4 Å². The van der Waals surface area contributed by atoms with E-state index in [-0.39, 0.29) is 24.9 Å². The maximum absolute atomic E-state index is 13.3. The Morgan fingerprint density at radius 3 is 2.21 bits per heavy atom. The molecule has 48 heavy (non-hydrogen) atoms.